The number of hydrazine groups is 2. The van der Waals surface area contributed by atoms with Gasteiger partial charge in [-0.25, -0.2) is 4.39 Å². The Morgan fingerprint density at radius 3 is 2.16 bits per heavy atom. The minimum absolute atomic E-state index is 0.0261. The lowest BCUT2D eigenvalue weighted by atomic mass is 10.1. The van der Waals surface area contributed by atoms with Crippen LogP contribution in [0.15, 0.2) is 54.4 Å². The molecule has 4 N–H and O–H groups in total. The highest BCUT2D eigenvalue weighted by Gasteiger charge is 2.32. The molecule has 0 aromatic heterocycles. The lowest BCUT2D eigenvalue weighted by Crippen LogP contribution is -2.42. The molecule has 0 fully saturated rings. The molecule has 0 bridgehead atoms. The Balaban J connectivity index is 1.52. The fourth-order valence-corrected chi connectivity index (χ4v) is 3.11. The topological polar surface area (TPSA) is 109 Å². The van der Waals surface area contributed by atoms with E-state index in [0.717, 1.165) is 24.3 Å². The van der Waals surface area contributed by atoms with Crippen LogP contribution in [0.5, 0.6) is 0 Å². The predicted octanol–water partition coefficient (Wildman–Crippen LogP) is 3.14. The van der Waals surface area contributed by atoms with Crippen LogP contribution in [0.1, 0.15) is 33.1 Å². The minimum atomic E-state index is -4.76. The van der Waals surface area contributed by atoms with E-state index < -0.39 is 52.7 Å². The molecule has 0 aliphatic carbocycles. The van der Waals surface area contributed by atoms with Gasteiger partial charge in [0.1, 0.15) is 17.6 Å². The fourth-order valence-electron chi connectivity index (χ4n) is 3.11. The van der Waals surface area contributed by atoms with E-state index in [1.807, 2.05) is 0 Å². The highest BCUT2D eigenvalue weighted by molar-refractivity contribution is 5.94. The van der Waals surface area contributed by atoms with Gasteiger partial charge < -0.3 is 10.6 Å². The molecule has 3 rings (SSSR count). The number of hydrogen-bond acceptors (Lipinski definition) is 6. The summed E-state index contributed by atoms with van der Waals surface area (Å²) < 4.78 is 89.9. The molecule has 1 unspecified atom stereocenters. The summed E-state index contributed by atoms with van der Waals surface area (Å²) in [5, 5.41) is 15.3. The van der Waals surface area contributed by atoms with Crippen LogP contribution in [0.25, 0.3) is 0 Å². The van der Waals surface area contributed by atoms with E-state index in [1.54, 1.807) is 6.07 Å². The van der Waals surface area contributed by atoms with Gasteiger partial charge in [0.15, 0.2) is 0 Å². The molecule has 1 aliphatic rings. The Hall–Kier alpha value is -4.32. The highest BCUT2D eigenvalue weighted by Crippen LogP contribution is 2.31. The molecule has 0 saturated heterocycles. The van der Waals surface area contributed by atoms with Crippen molar-refractivity contribution in [1.29, 1.82) is 5.26 Å². The maximum atomic E-state index is 13.9. The average molecular weight is 530 g/mol. The Labute approximate surface area is 204 Å². The molecule has 2 amide bonds. The summed E-state index contributed by atoms with van der Waals surface area (Å²) in [6.45, 7) is -0.0793. The van der Waals surface area contributed by atoms with E-state index in [9.17, 15) is 45.6 Å². The number of amides is 2. The van der Waals surface area contributed by atoms with Crippen LogP contribution >= 0.6 is 0 Å². The maximum absolute atomic E-state index is 13.9. The molecule has 37 heavy (non-hydrogen) atoms. The van der Waals surface area contributed by atoms with E-state index in [-0.39, 0.29) is 30.4 Å². The molecule has 0 saturated carbocycles. The quantitative estimate of drug-likeness (QED) is 0.410. The van der Waals surface area contributed by atoms with Crippen molar-refractivity contribution in [3.8, 4) is 6.07 Å². The van der Waals surface area contributed by atoms with Gasteiger partial charge >= 0.3 is 12.4 Å². The molecule has 1 aliphatic heterocycles. The number of nitrogens with one attached hydrogen (secondary N) is 4. The molecule has 2 aromatic rings. The second-order valence-corrected chi connectivity index (χ2v) is 7.58. The molecule has 0 radical (unpaired) electrons. The van der Waals surface area contributed by atoms with Crippen molar-refractivity contribution in [2.75, 3.05) is 13.1 Å². The monoisotopic (exact) mass is 530 g/mol. The standard InChI is InChI=1S/C22H17F7N6O2/c23-16-9-14(22(27,28)29)5-6-15(16)19(36)31-7-8-35-11-18(33-34-35)20(37)32-17(10-30)12-1-3-13(4-2-12)21(24,25)26/h1-6,9,11,17,33-34H,7-8H2,(H,31,36)(H,32,37). The summed E-state index contributed by atoms with van der Waals surface area (Å²) >= 11 is 0. The average Bonchev–Trinajstić information content (AvgIpc) is 3.30. The van der Waals surface area contributed by atoms with Crippen LogP contribution in [0, 0.1) is 17.1 Å². The summed E-state index contributed by atoms with van der Waals surface area (Å²) in [5.41, 5.74) is 2.41. The lowest BCUT2D eigenvalue weighted by Gasteiger charge is -2.15. The van der Waals surface area contributed by atoms with Crippen molar-refractivity contribution >= 4 is 11.8 Å². The summed E-state index contributed by atoms with van der Waals surface area (Å²) in [5.74, 6) is -3.06. The predicted molar refractivity (Wildman–Crippen MR) is 113 cm³/mol. The first-order chi connectivity index (χ1) is 17.3. The van der Waals surface area contributed by atoms with Gasteiger partial charge in [-0.2, -0.15) is 31.6 Å². The smallest absolute Gasteiger partial charge is 0.350 e. The SMILES string of the molecule is N#CC(NC(=O)C1=CN(CCNC(=O)c2ccc(C(F)(F)F)cc2F)NN1)c1ccc(C(F)(F)F)cc1. The zero-order valence-corrected chi connectivity index (χ0v) is 18.5. The molecule has 1 heterocycles. The van der Waals surface area contributed by atoms with Crippen LogP contribution in [-0.4, -0.2) is 29.9 Å². The van der Waals surface area contributed by atoms with Crippen molar-refractivity contribution in [3.05, 3.63) is 82.4 Å². The third-order valence-corrected chi connectivity index (χ3v) is 5.02. The van der Waals surface area contributed by atoms with Gasteiger partial charge in [0.05, 0.1) is 29.3 Å². The highest BCUT2D eigenvalue weighted by atomic mass is 19.4. The number of carbonyl (C=O) groups is 2. The third kappa shape index (κ3) is 6.88. The molecule has 196 valence electrons. The second-order valence-electron chi connectivity index (χ2n) is 7.58. The molecule has 15 heteroatoms. The number of carbonyl (C=O) groups excluding carboxylic acids is 2. The van der Waals surface area contributed by atoms with Gasteiger partial charge in [0, 0.05) is 12.7 Å². The molecular formula is C22H17F7N6O2. The first-order valence-electron chi connectivity index (χ1n) is 10.3. The van der Waals surface area contributed by atoms with Gasteiger partial charge in [-0.05, 0) is 35.9 Å². The Bertz CT molecular complexity index is 1240. The normalized spacial score (nSPS) is 14.3. The van der Waals surface area contributed by atoms with Crippen LogP contribution in [0.4, 0.5) is 30.7 Å². The van der Waals surface area contributed by atoms with Crippen molar-refractivity contribution in [2.45, 2.75) is 18.4 Å². The van der Waals surface area contributed by atoms with Gasteiger partial charge in [-0.3, -0.25) is 20.0 Å². The van der Waals surface area contributed by atoms with Crippen molar-refractivity contribution in [2.24, 2.45) is 0 Å². The number of alkyl halides is 6. The van der Waals surface area contributed by atoms with Gasteiger partial charge in [-0.15, -0.1) is 5.53 Å². The summed E-state index contributed by atoms with van der Waals surface area (Å²) in [4.78, 5) is 24.5. The molecule has 2 aromatic carbocycles. The first kappa shape index (κ1) is 27.3. The lowest BCUT2D eigenvalue weighted by molar-refractivity contribution is -0.138. The molecular weight excluding hydrogens is 513 g/mol. The maximum Gasteiger partial charge on any atom is 0.416 e. The molecule has 8 nitrogen and oxygen atoms in total. The largest absolute Gasteiger partial charge is 0.416 e. The van der Waals surface area contributed by atoms with E-state index in [0.29, 0.717) is 12.1 Å². The van der Waals surface area contributed by atoms with Crippen molar-refractivity contribution < 1.29 is 40.3 Å². The summed E-state index contributed by atoms with van der Waals surface area (Å²) in [6.07, 6.45) is -8.05. The Morgan fingerprint density at radius 1 is 0.973 bits per heavy atom. The molecule has 1 atom stereocenters. The zero-order chi connectivity index (χ0) is 27.4. The number of halogens is 7. The van der Waals surface area contributed by atoms with Crippen molar-refractivity contribution in [3.63, 3.8) is 0 Å². The first-order valence-corrected chi connectivity index (χ1v) is 10.3. The Kier molecular flexibility index (Phi) is 7.92. The number of nitrogens with zero attached hydrogens (tertiary/aromatic N) is 2. The van der Waals surface area contributed by atoms with Crippen LogP contribution in [-0.2, 0) is 17.1 Å². The van der Waals surface area contributed by atoms with Crippen LogP contribution < -0.4 is 21.6 Å². The van der Waals surface area contributed by atoms with E-state index >= 15 is 0 Å². The Morgan fingerprint density at radius 2 is 1.59 bits per heavy atom. The third-order valence-electron chi connectivity index (χ3n) is 5.02. The number of hydrogen-bond donors (Lipinski definition) is 4. The van der Waals surface area contributed by atoms with E-state index in [4.69, 9.17) is 0 Å². The number of benzene rings is 2. The van der Waals surface area contributed by atoms with E-state index in [2.05, 4.69) is 21.6 Å². The minimum Gasteiger partial charge on any atom is -0.350 e. The van der Waals surface area contributed by atoms with Gasteiger partial charge in [0.25, 0.3) is 11.8 Å². The number of nitriles is 1. The van der Waals surface area contributed by atoms with Gasteiger partial charge in [-0.1, -0.05) is 12.1 Å². The fraction of sp³-hybridized carbons (Fsp3) is 0.227. The zero-order valence-electron chi connectivity index (χ0n) is 18.5. The van der Waals surface area contributed by atoms with Crippen molar-refractivity contribution in [1.82, 2.24) is 26.6 Å². The molecule has 0 spiro atoms. The second kappa shape index (κ2) is 10.7. The van der Waals surface area contributed by atoms with E-state index in [1.165, 1.54) is 11.2 Å². The van der Waals surface area contributed by atoms with Crippen LogP contribution in [0.2, 0.25) is 0 Å². The van der Waals surface area contributed by atoms with Gasteiger partial charge in [0.2, 0.25) is 0 Å². The summed E-state index contributed by atoms with van der Waals surface area (Å²) in [7, 11) is 0. The van der Waals surface area contributed by atoms with Crippen LogP contribution in [0.3, 0.4) is 0 Å². The number of rotatable bonds is 7. The summed E-state index contributed by atoms with van der Waals surface area (Å²) in [6, 6.07) is 5.75.